The van der Waals surface area contributed by atoms with Crippen molar-refractivity contribution in [3.05, 3.63) is 0 Å². The van der Waals surface area contributed by atoms with Crippen molar-refractivity contribution in [3.8, 4) is 0 Å². The van der Waals surface area contributed by atoms with Crippen LogP contribution in [0.1, 0.15) is 51.9 Å². The van der Waals surface area contributed by atoms with Gasteiger partial charge in [-0.15, -0.1) is 0 Å². The zero-order chi connectivity index (χ0) is 14.6. The SMILES string of the molecule is CCCCCCCCC(OCO)(OCCF)C(=O)O. The molecule has 0 saturated carbocycles. The summed E-state index contributed by atoms with van der Waals surface area (Å²) in [5, 5.41) is 17.9. The quantitative estimate of drug-likeness (QED) is 0.400. The monoisotopic (exact) mass is 280 g/mol. The van der Waals surface area contributed by atoms with Gasteiger partial charge in [-0.1, -0.05) is 39.0 Å². The number of aliphatic hydroxyl groups excluding tert-OH is 1. The van der Waals surface area contributed by atoms with Crippen LogP contribution in [0.15, 0.2) is 0 Å². The van der Waals surface area contributed by atoms with Gasteiger partial charge in [0.2, 0.25) is 0 Å². The van der Waals surface area contributed by atoms with E-state index in [2.05, 4.69) is 6.92 Å². The zero-order valence-corrected chi connectivity index (χ0v) is 11.6. The summed E-state index contributed by atoms with van der Waals surface area (Å²) in [6, 6.07) is 0. The summed E-state index contributed by atoms with van der Waals surface area (Å²) in [5.74, 6) is -3.26. The number of carboxylic acids is 1. The maximum atomic E-state index is 12.1. The van der Waals surface area contributed by atoms with Crippen LogP contribution in [0.4, 0.5) is 4.39 Å². The first-order valence-corrected chi connectivity index (χ1v) is 6.81. The van der Waals surface area contributed by atoms with E-state index in [0.717, 1.165) is 32.1 Å². The number of aliphatic hydroxyl groups is 1. The van der Waals surface area contributed by atoms with E-state index >= 15 is 0 Å². The van der Waals surface area contributed by atoms with Gasteiger partial charge in [0.25, 0.3) is 5.79 Å². The van der Waals surface area contributed by atoms with Crippen molar-refractivity contribution in [1.82, 2.24) is 0 Å². The molecule has 0 aliphatic heterocycles. The lowest BCUT2D eigenvalue weighted by Crippen LogP contribution is -2.45. The Balaban J connectivity index is 4.19. The number of hydrogen-bond acceptors (Lipinski definition) is 4. The molecule has 2 N–H and O–H groups in total. The van der Waals surface area contributed by atoms with E-state index in [9.17, 15) is 9.18 Å². The Morgan fingerprint density at radius 1 is 1.16 bits per heavy atom. The molecule has 0 spiro atoms. The maximum Gasteiger partial charge on any atom is 0.364 e. The molecule has 1 atom stereocenters. The van der Waals surface area contributed by atoms with E-state index in [1.54, 1.807) is 0 Å². The van der Waals surface area contributed by atoms with Gasteiger partial charge in [-0.2, -0.15) is 0 Å². The molecule has 0 saturated heterocycles. The molecule has 0 bridgehead atoms. The van der Waals surface area contributed by atoms with Crippen LogP contribution in [-0.4, -0.2) is 42.0 Å². The first-order valence-electron chi connectivity index (χ1n) is 6.81. The normalized spacial score (nSPS) is 14.3. The van der Waals surface area contributed by atoms with Crippen LogP contribution in [0, 0.1) is 0 Å². The molecule has 0 radical (unpaired) electrons. The summed E-state index contributed by atoms with van der Waals surface area (Å²) < 4.78 is 21.9. The highest BCUT2D eigenvalue weighted by Gasteiger charge is 2.40. The number of aliphatic carboxylic acids is 1. The Kier molecular flexibility index (Phi) is 10.7. The number of halogens is 1. The topological polar surface area (TPSA) is 76.0 Å². The van der Waals surface area contributed by atoms with Crippen molar-refractivity contribution in [2.45, 2.75) is 57.7 Å². The van der Waals surface area contributed by atoms with Gasteiger partial charge in [0.15, 0.2) is 0 Å². The third kappa shape index (κ3) is 7.44. The minimum Gasteiger partial charge on any atom is -0.477 e. The Morgan fingerprint density at radius 3 is 2.32 bits per heavy atom. The predicted molar refractivity (Wildman–Crippen MR) is 68.5 cm³/mol. The molecule has 6 heteroatoms. The average molecular weight is 280 g/mol. The second-order valence-corrected chi connectivity index (χ2v) is 4.39. The molecule has 5 nitrogen and oxygen atoms in total. The Morgan fingerprint density at radius 2 is 1.79 bits per heavy atom. The van der Waals surface area contributed by atoms with Crippen LogP contribution in [0.25, 0.3) is 0 Å². The molecule has 0 aromatic heterocycles. The summed E-state index contributed by atoms with van der Waals surface area (Å²) in [5.41, 5.74) is 0. The van der Waals surface area contributed by atoms with Crippen molar-refractivity contribution in [2.24, 2.45) is 0 Å². The van der Waals surface area contributed by atoms with E-state index in [-0.39, 0.29) is 13.0 Å². The summed E-state index contributed by atoms with van der Waals surface area (Å²) in [6.07, 6.45) is 6.01. The number of carboxylic acid groups (broad SMARTS) is 1. The van der Waals surface area contributed by atoms with Crippen LogP contribution < -0.4 is 0 Å². The third-order valence-corrected chi connectivity index (χ3v) is 2.90. The molecule has 0 aliphatic rings. The van der Waals surface area contributed by atoms with E-state index in [1.807, 2.05) is 0 Å². The summed E-state index contributed by atoms with van der Waals surface area (Å²) in [4.78, 5) is 11.2. The second-order valence-electron chi connectivity index (χ2n) is 4.39. The maximum absolute atomic E-state index is 12.1. The molecule has 0 heterocycles. The van der Waals surface area contributed by atoms with Crippen molar-refractivity contribution < 1.29 is 28.9 Å². The standard InChI is InChI=1S/C13H25FO5/c1-2-3-4-5-6-7-8-13(12(16)17,19-11-15)18-10-9-14/h15H,2-11H2,1H3,(H,16,17). The predicted octanol–water partition coefficient (Wildman–Crippen LogP) is 2.47. The zero-order valence-electron chi connectivity index (χ0n) is 11.6. The number of ether oxygens (including phenoxy) is 2. The molecule has 0 aromatic rings. The van der Waals surface area contributed by atoms with Crippen LogP contribution >= 0.6 is 0 Å². The third-order valence-electron chi connectivity index (χ3n) is 2.90. The van der Waals surface area contributed by atoms with Crippen LogP contribution in [-0.2, 0) is 14.3 Å². The lowest BCUT2D eigenvalue weighted by molar-refractivity contribution is -0.268. The lowest BCUT2D eigenvalue weighted by atomic mass is 10.0. The van der Waals surface area contributed by atoms with Gasteiger partial charge >= 0.3 is 5.97 Å². The molecule has 0 rings (SSSR count). The van der Waals surface area contributed by atoms with Crippen molar-refractivity contribution >= 4 is 5.97 Å². The van der Waals surface area contributed by atoms with Gasteiger partial charge in [0, 0.05) is 6.42 Å². The summed E-state index contributed by atoms with van der Waals surface area (Å²) in [7, 11) is 0. The van der Waals surface area contributed by atoms with Gasteiger partial charge in [-0.05, 0) is 6.42 Å². The second kappa shape index (κ2) is 11.1. The molecule has 0 amide bonds. The fourth-order valence-electron chi connectivity index (χ4n) is 1.86. The average Bonchev–Trinajstić information content (AvgIpc) is 2.39. The van der Waals surface area contributed by atoms with E-state index in [1.165, 1.54) is 0 Å². The molecule has 0 fully saturated rings. The van der Waals surface area contributed by atoms with Crippen LogP contribution in [0.3, 0.4) is 0 Å². The smallest absolute Gasteiger partial charge is 0.364 e. The van der Waals surface area contributed by atoms with Crippen LogP contribution in [0.5, 0.6) is 0 Å². The van der Waals surface area contributed by atoms with E-state index < -0.39 is 25.2 Å². The Hall–Kier alpha value is -0.720. The van der Waals surface area contributed by atoms with E-state index in [0.29, 0.717) is 6.42 Å². The Labute approximate surface area is 113 Å². The van der Waals surface area contributed by atoms with Crippen LogP contribution in [0.2, 0.25) is 0 Å². The fourth-order valence-corrected chi connectivity index (χ4v) is 1.86. The summed E-state index contributed by atoms with van der Waals surface area (Å²) in [6.45, 7) is 0.201. The molecule has 114 valence electrons. The van der Waals surface area contributed by atoms with Gasteiger partial charge in [0.1, 0.15) is 13.5 Å². The van der Waals surface area contributed by atoms with Crippen molar-refractivity contribution in [1.29, 1.82) is 0 Å². The number of carbonyl (C=O) groups is 1. The highest BCUT2D eigenvalue weighted by Crippen LogP contribution is 2.23. The number of unbranched alkanes of at least 4 members (excludes halogenated alkanes) is 5. The minimum atomic E-state index is -1.93. The highest BCUT2D eigenvalue weighted by atomic mass is 19.1. The summed E-state index contributed by atoms with van der Waals surface area (Å²) >= 11 is 0. The Bertz CT molecular complexity index is 237. The van der Waals surface area contributed by atoms with Gasteiger partial charge in [-0.3, -0.25) is 0 Å². The first-order chi connectivity index (χ1) is 9.13. The minimum absolute atomic E-state index is 0.106. The van der Waals surface area contributed by atoms with Gasteiger partial charge < -0.3 is 19.7 Å². The highest BCUT2D eigenvalue weighted by molar-refractivity contribution is 5.75. The number of hydrogen-bond donors (Lipinski definition) is 2. The number of rotatable bonds is 13. The molecule has 0 aliphatic carbocycles. The molecular formula is C13H25FO5. The lowest BCUT2D eigenvalue weighted by Gasteiger charge is -2.28. The van der Waals surface area contributed by atoms with Gasteiger partial charge in [-0.25, -0.2) is 9.18 Å². The molecular weight excluding hydrogens is 255 g/mol. The first kappa shape index (κ1) is 18.3. The van der Waals surface area contributed by atoms with Crippen molar-refractivity contribution in [3.63, 3.8) is 0 Å². The van der Waals surface area contributed by atoms with E-state index in [4.69, 9.17) is 19.7 Å². The van der Waals surface area contributed by atoms with Crippen molar-refractivity contribution in [2.75, 3.05) is 20.1 Å². The fraction of sp³-hybridized carbons (Fsp3) is 0.923. The largest absolute Gasteiger partial charge is 0.477 e. The van der Waals surface area contributed by atoms with Gasteiger partial charge in [0.05, 0.1) is 6.61 Å². The molecule has 19 heavy (non-hydrogen) atoms. The number of alkyl halides is 1. The molecule has 1 unspecified atom stereocenters. The molecule has 0 aromatic carbocycles.